The molecule has 0 bridgehead atoms. The van der Waals surface area contributed by atoms with Gasteiger partial charge in [0.2, 0.25) is 0 Å². The molecule has 0 N–H and O–H groups in total. The molecule has 3 aliphatic rings. The Labute approximate surface area is 374 Å². The molecule has 0 radical (unpaired) electrons. The molecule has 22 heteroatoms. The molecule has 3 aromatic heterocycles. The van der Waals surface area contributed by atoms with E-state index in [2.05, 4.69) is 15.0 Å². The summed E-state index contributed by atoms with van der Waals surface area (Å²) in [5.41, 5.74) is 1.70. The highest BCUT2D eigenvalue weighted by molar-refractivity contribution is 7.90. The van der Waals surface area contributed by atoms with Crippen molar-refractivity contribution in [1.29, 1.82) is 0 Å². The maximum Gasteiger partial charge on any atom is 0.425 e. The zero-order chi connectivity index (χ0) is 47.7. The standard InChI is InChI=1S/C23H27FN4O2.C21H20F7N3O4S/c1-15-18(23(29)28-10-3-2-4-21(28)25-15)9-13-27-11-7-16(8-12-27)22-19-6-5-17(24)14-20(19)30-26-22;1-12(20(23,24)25)35-17-4-3-14(36(2,33)34)10-15(17)19(32)31-7-5-30(6-8-31)18-16(22)9-13(11-29-18)21(26,27)28/h5-6,14,16H,2-4,7-13H2,1H3;3-4,9-12H,5-8H2,1-2H3/t;12-/m.0/s1. The fourth-order valence-corrected chi connectivity index (χ4v) is 8.97. The molecule has 2 saturated heterocycles. The van der Waals surface area contributed by atoms with Crippen molar-refractivity contribution in [3.8, 4) is 5.75 Å². The van der Waals surface area contributed by atoms with Crippen molar-refractivity contribution < 1.29 is 57.6 Å². The topological polar surface area (TPSA) is 144 Å². The number of nitrogens with zero attached hydrogens (tertiary/aromatic N) is 7. The Morgan fingerprint density at radius 1 is 0.939 bits per heavy atom. The highest BCUT2D eigenvalue weighted by atomic mass is 32.2. The van der Waals surface area contributed by atoms with Gasteiger partial charge in [-0.2, -0.15) is 26.3 Å². The molecule has 1 atom stereocenters. The molecule has 2 fully saturated rings. The van der Waals surface area contributed by atoms with E-state index >= 15 is 0 Å². The first kappa shape index (κ1) is 48.3. The summed E-state index contributed by atoms with van der Waals surface area (Å²) in [6, 6.07) is 7.83. The predicted molar refractivity (Wildman–Crippen MR) is 225 cm³/mol. The number of alkyl halides is 6. The molecule has 8 rings (SSSR count). The Hall–Kier alpha value is -5.64. The minimum absolute atomic E-state index is 0.0536. The molecule has 5 aromatic rings. The number of amides is 1. The number of fused-ring (bicyclic) bond motifs is 2. The molecular weight excluding hydrogens is 907 g/mol. The molecule has 0 spiro atoms. The third-order valence-electron chi connectivity index (χ3n) is 12.1. The first-order valence-corrected chi connectivity index (χ1v) is 23.2. The molecule has 356 valence electrons. The summed E-state index contributed by atoms with van der Waals surface area (Å²) < 4.78 is 141. The van der Waals surface area contributed by atoms with Gasteiger partial charge in [0.1, 0.15) is 17.4 Å². The number of ether oxygens (including phenoxy) is 1. The number of benzene rings is 2. The van der Waals surface area contributed by atoms with Crippen LogP contribution < -0.4 is 15.2 Å². The largest absolute Gasteiger partial charge is 0.480 e. The van der Waals surface area contributed by atoms with Gasteiger partial charge in [0.25, 0.3) is 11.5 Å². The average molecular weight is 954 g/mol. The van der Waals surface area contributed by atoms with E-state index in [-0.39, 0.29) is 48.3 Å². The monoisotopic (exact) mass is 953 g/mol. The molecule has 0 aliphatic carbocycles. The van der Waals surface area contributed by atoms with Crippen molar-refractivity contribution in [3.63, 3.8) is 0 Å². The quantitative estimate of drug-likeness (QED) is 0.135. The summed E-state index contributed by atoms with van der Waals surface area (Å²) in [6.45, 7) is 5.97. The number of hydrogen-bond donors (Lipinski definition) is 0. The van der Waals surface area contributed by atoms with Crippen LogP contribution in [0.25, 0.3) is 11.0 Å². The van der Waals surface area contributed by atoms with Gasteiger partial charge in [0, 0.05) is 86.8 Å². The number of anilines is 1. The van der Waals surface area contributed by atoms with Gasteiger partial charge in [-0.05, 0) is 95.4 Å². The van der Waals surface area contributed by atoms with Crippen molar-refractivity contribution in [1.82, 2.24) is 29.5 Å². The van der Waals surface area contributed by atoms with E-state index in [0.717, 1.165) is 124 Å². The van der Waals surface area contributed by atoms with E-state index in [1.54, 1.807) is 6.07 Å². The minimum atomic E-state index is -4.78. The zero-order valence-electron chi connectivity index (χ0n) is 36.2. The number of piperazine rings is 1. The Bertz CT molecular complexity index is 2750. The highest BCUT2D eigenvalue weighted by Crippen LogP contribution is 2.35. The second-order valence-corrected chi connectivity index (χ2v) is 18.6. The number of aryl methyl sites for hydroxylation is 2. The van der Waals surface area contributed by atoms with Gasteiger partial charge < -0.3 is 24.0 Å². The summed E-state index contributed by atoms with van der Waals surface area (Å²) in [7, 11) is -3.81. The molecule has 13 nitrogen and oxygen atoms in total. The number of carbonyl (C=O) groups excluding carboxylic acids is 1. The number of sulfone groups is 1. The Morgan fingerprint density at radius 3 is 2.30 bits per heavy atom. The van der Waals surface area contributed by atoms with E-state index in [1.807, 2.05) is 11.5 Å². The van der Waals surface area contributed by atoms with Crippen molar-refractivity contribution in [2.75, 3.05) is 57.0 Å². The number of carbonyl (C=O) groups is 1. The van der Waals surface area contributed by atoms with E-state index in [9.17, 15) is 53.1 Å². The molecule has 6 heterocycles. The second kappa shape index (κ2) is 19.3. The van der Waals surface area contributed by atoms with E-state index < -0.39 is 56.9 Å². The van der Waals surface area contributed by atoms with Gasteiger partial charge in [-0.3, -0.25) is 14.2 Å². The second-order valence-electron chi connectivity index (χ2n) is 16.6. The molecule has 0 saturated carbocycles. The number of hydrogen-bond acceptors (Lipinski definition) is 11. The summed E-state index contributed by atoms with van der Waals surface area (Å²) in [6.07, 6.45) is -4.66. The highest BCUT2D eigenvalue weighted by Gasteiger charge is 2.39. The first-order chi connectivity index (χ1) is 31.1. The van der Waals surface area contributed by atoms with Crippen LogP contribution in [0.5, 0.6) is 5.75 Å². The van der Waals surface area contributed by atoms with Crippen molar-refractivity contribution in [3.05, 3.63) is 105 Å². The van der Waals surface area contributed by atoms with Crippen LogP contribution in [-0.2, 0) is 35.4 Å². The molecule has 66 heavy (non-hydrogen) atoms. The van der Waals surface area contributed by atoms with Crippen LogP contribution in [0.3, 0.4) is 0 Å². The first-order valence-electron chi connectivity index (χ1n) is 21.3. The summed E-state index contributed by atoms with van der Waals surface area (Å²) in [5.74, 6) is -1.89. The molecule has 0 unspecified atom stereocenters. The van der Waals surface area contributed by atoms with Gasteiger partial charge in [-0.1, -0.05) is 5.16 Å². The smallest absolute Gasteiger partial charge is 0.425 e. The minimum Gasteiger partial charge on any atom is -0.480 e. The lowest BCUT2D eigenvalue weighted by molar-refractivity contribution is -0.189. The lowest BCUT2D eigenvalue weighted by Crippen LogP contribution is -2.49. The third kappa shape index (κ3) is 11.0. The fourth-order valence-electron chi connectivity index (χ4n) is 8.32. The maximum absolute atomic E-state index is 14.3. The van der Waals surface area contributed by atoms with Gasteiger partial charge in [0.15, 0.2) is 33.2 Å². The van der Waals surface area contributed by atoms with Crippen LogP contribution in [0.15, 0.2) is 62.9 Å². The van der Waals surface area contributed by atoms with E-state index in [0.29, 0.717) is 23.8 Å². The van der Waals surface area contributed by atoms with Crippen LogP contribution in [-0.4, -0.2) is 108 Å². The SMILES string of the molecule is C[C@H](Oc1ccc(S(C)(=O)=O)cc1C(=O)N1CCN(c2ncc(C(F)(F)F)cc2F)CC1)C(F)(F)F.Cc1nc2n(c(=O)c1CCN1CCC(c3noc4cc(F)ccc34)CC1)CCCC2. The number of pyridine rings is 1. The normalized spacial score (nSPS) is 17.0. The lowest BCUT2D eigenvalue weighted by atomic mass is 9.91. The molecule has 2 aromatic carbocycles. The molecule has 3 aliphatic heterocycles. The zero-order valence-corrected chi connectivity index (χ0v) is 37.0. The van der Waals surface area contributed by atoms with Crippen molar-refractivity contribution in [2.45, 2.75) is 88.2 Å². The summed E-state index contributed by atoms with van der Waals surface area (Å²) in [4.78, 5) is 38.9. The fraction of sp³-hybridized carbons (Fsp3) is 0.477. The number of aromatic nitrogens is 4. The van der Waals surface area contributed by atoms with Crippen LogP contribution in [0.2, 0.25) is 0 Å². The number of rotatable bonds is 9. The Morgan fingerprint density at radius 2 is 1.65 bits per heavy atom. The van der Waals surface area contributed by atoms with E-state index in [4.69, 9.17) is 14.2 Å². The number of piperidine rings is 1. The Kier molecular flexibility index (Phi) is 14.1. The van der Waals surface area contributed by atoms with Crippen LogP contribution in [0.1, 0.15) is 77.2 Å². The molecular formula is C44H47F8N7O6S. The number of halogens is 8. The van der Waals surface area contributed by atoms with Crippen molar-refractivity contribution in [2.24, 2.45) is 0 Å². The van der Waals surface area contributed by atoms with Crippen LogP contribution in [0.4, 0.5) is 40.9 Å². The summed E-state index contributed by atoms with van der Waals surface area (Å²) >= 11 is 0. The third-order valence-corrected chi connectivity index (χ3v) is 13.2. The van der Waals surface area contributed by atoms with Crippen molar-refractivity contribution >= 4 is 32.5 Å². The maximum atomic E-state index is 14.3. The summed E-state index contributed by atoms with van der Waals surface area (Å²) in [5, 5.41) is 5.15. The number of likely N-dealkylation sites (tertiary alicyclic amines) is 1. The van der Waals surface area contributed by atoms with E-state index in [1.165, 1.54) is 21.9 Å². The average Bonchev–Trinajstić information content (AvgIpc) is 3.68. The van der Waals surface area contributed by atoms with Gasteiger partial charge in [-0.15, -0.1) is 0 Å². The van der Waals surface area contributed by atoms with Gasteiger partial charge in [0.05, 0.1) is 21.7 Å². The Balaban J connectivity index is 0.000000199. The predicted octanol–water partition coefficient (Wildman–Crippen LogP) is 7.53. The van der Waals surface area contributed by atoms with Crippen LogP contribution >= 0.6 is 0 Å². The lowest BCUT2D eigenvalue weighted by Gasteiger charge is -2.36. The van der Waals surface area contributed by atoms with Crippen LogP contribution in [0, 0.1) is 18.6 Å². The van der Waals surface area contributed by atoms with Gasteiger partial charge >= 0.3 is 12.4 Å². The molecule has 1 amide bonds. The van der Waals surface area contributed by atoms with Gasteiger partial charge in [-0.25, -0.2) is 27.2 Å².